The van der Waals surface area contributed by atoms with Crippen molar-refractivity contribution in [1.29, 1.82) is 0 Å². The lowest BCUT2D eigenvalue weighted by Crippen LogP contribution is -2.33. The molecule has 28 heavy (non-hydrogen) atoms. The Bertz CT molecular complexity index is 999. The van der Waals surface area contributed by atoms with Gasteiger partial charge in [-0.1, -0.05) is 11.6 Å². The Kier molecular flexibility index (Phi) is 5.04. The molecular weight excluding hydrogens is 388 g/mol. The highest BCUT2D eigenvalue weighted by Gasteiger charge is 2.44. The normalized spacial score (nSPS) is 24.7. The molecular formula is C17H19ClN6O4. The average molecular weight is 407 g/mol. The predicted molar refractivity (Wildman–Crippen MR) is 102 cm³/mol. The van der Waals surface area contributed by atoms with Crippen LogP contribution in [0.2, 0.25) is 5.02 Å². The van der Waals surface area contributed by atoms with Crippen molar-refractivity contribution in [3.05, 3.63) is 41.4 Å². The number of hydrogen-bond acceptors (Lipinski definition) is 9. The van der Waals surface area contributed by atoms with Crippen molar-refractivity contribution in [2.24, 2.45) is 0 Å². The van der Waals surface area contributed by atoms with Gasteiger partial charge in [0, 0.05) is 17.3 Å². The fourth-order valence-corrected chi connectivity index (χ4v) is 3.37. The highest BCUT2D eigenvalue weighted by Crippen LogP contribution is 2.32. The van der Waals surface area contributed by atoms with Gasteiger partial charge in [-0.25, -0.2) is 15.0 Å². The second kappa shape index (κ2) is 7.49. The number of aromatic nitrogens is 4. The topological polar surface area (TPSA) is 152 Å². The molecule has 4 rings (SSSR count). The molecule has 2 aromatic heterocycles. The molecule has 1 aliphatic rings. The Labute approximate surface area is 164 Å². The quantitative estimate of drug-likeness (QED) is 0.376. The van der Waals surface area contributed by atoms with Gasteiger partial charge >= 0.3 is 0 Å². The summed E-state index contributed by atoms with van der Waals surface area (Å²) < 4.78 is 7.05. The molecule has 1 fully saturated rings. The molecule has 0 saturated carbocycles. The minimum atomic E-state index is -1.23. The fraction of sp³-hybridized carbons (Fsp3) is 0.353. The van der Waals surface area contributed by atoms with Gasteiger partial charge in [-0.2, -0.15) is 0 Å². The zero-order chi connectivity index (χ0) is 19.8. The summed E-state index contributed by atoms with van der Waals surface area (Å²) in [7, 11) is 0. The number of anilines is 2. The maximum absolute atomic E-state index is 10.2. The van der Waals surface area contributed by atoms with Crippen LogP contribution in [0.1, 0.15) is 11.8 Å². The van der Waals surface area contributed by atoms with E-state index < -0.39 is 31.1 Å². The standard InChI is InChI=1S/C17H19ClN6O4/c18-10-2-1-9(19)3-8(10)4-20-15-12-16(22-6-21-15)24(7-23-12)17-14(27)13(26)11(5-25)28-17/h1-3,6-7,11,13-14,17,25-27H,4-5,19H2,(H,20,21,22)/t11-,13-,14-,17-/m1/s1. The summed E-state index contributed by atoms with van der Waals surface area (Å²) in [5.41, 5.74) is 8.07. The van der Waals surface area contributed by atoms with Gasteiger partial charge < -0.3 is 31.1 Å². The van der Waals surface area contributed by atoms with Crippen molar-refractivity contribution in [1.82, 2.24) is 19.5 Å². The minimum Gasteiger partial charge on any atom is -0.399 e. The number of nitrogens with one attached hydrogen (secondary N) is 1. The SMILES string of the molecule is Nc1ccc(Cl)c(CNc2ncnc3c2ncn3[C@@H]2O[C@H](CO)[C@@H](O)[C@H]2O)c1. The summed E-state index contributed by atoms with van der Waals surface area (Å²) >= 11 is 6.19. The number of aliphatic hydroxyl groups excluding tert-OH is 3. The molecule has 0 aliphatic carbocycles. The summed E-state index contributed by atoms with van der Waals surface area (Å²) in [4.78, 5) is 12.7. The summed E-state index contributed by atoms with van der Waals surface area (Å²) in [6.45, 7) is -0.0409. The van der Waals surface area contributed by atoms with Gasteiger partial charge in [-0.05, 0) is 23.8 Å². The number of benzene rings is 1. The van der Waals surface area contributed by atoms with E-state index in [9.17, 15) is 15.3 Å². The second-order valence-corrected chi connectivity index (χ2v) is 6.89. The van der Waals surface area contributed by atoms with Gasteiger partial charge in [0.25, 0.3) is 0 Å². The predicted octanol–water partition coefficient (Wildman–Crippen LogP) is 0.285. The Morgan fingerprint density at radius 3 is 2.79 bits per heavy atom. The van der Waals surface area contributed by atoms with Crippen LogP contribution in [0, 0.1) is 0 Å². The number of nitrogens with two attached hydrogens (primary N) is 1. The van der Waals surface area contributed by atoms with Crippen molar-refractivity contribution in [3.8, 4) is 0 Å². The van der Waals surface area contributed by atoms with Crippen LogP contribution < -0.4 is 11.1 Å². The molecule has 0 spiro atoms. The van der Waals surface area contributed by atoms with Crippen LogP contribution >= 0.6 is 11.6 Å². The largest absolute Gasteiger partial charge is 0.399 e. The molecule has 0 bridgehead atoms. The lowest BCUT2D eigenvalue weighted by Gasteiger charge is -2.16. The molecule has 10 nitrogen and oxygen atoms in total. The maximum atomic E-state index is 10.2. The fourth-order valence-electron chi connectivity index (χ4n) is 3.19. The number of ether oxygens (including phenoxy) is 1. The van der Waals surface area contributed by atoms with Crippen molar-refractivity contribution in [2.45, 2.75) is 31.1 Å². The zero-order valence-electron chi connectivity index (χ0n) is 14.6. The first-order valence-corrected chi connectivity index (χ1v) is 8.95. The van der Waals surface area contributed by atoms with Gasteiger partial charge in [-0.3, -0.25) is 4.57 Å². The lowest BCUT2D eigenvalue weighted by molar-refractivity contribution is -0.0511. The molecule has 11 heteroatoms. The third-order valence-electron chi connectivity index (χ3n) is 4.67. The Morgan fingerprint density at radius 2 is 2.04 bits per heavy atom. The Balaban J connectivity index is 1.61. The molecule has 6 N–H and O–H groups in total. The van der Waals surface area contributed by atoms with E-state index in [4.69, 9.17) is 22.1 Å². The van der Waals surface area contributed by atoms with E-state index >= 15 is 0 Å². The van der Waals surface area contributed by atoms with Crippen LogP contribution in [0.25, 0.3) is 11.2 Å². The Morgan fingerprint density at radius 1 is 1.21 bits per heavy atom. The van der Waals surface area contributed by atoms with Gasteiger partial charge in [0.15, 0.2) is 23.2 Å². The number of nitrogens with zero attached hydrogens (tertiary/aromatic N) is 4. The number of imidazole rings is 1. The number of fused-ring (bicyclic) bond motifs is 1. The van der Waals surface area contributed by atoms with E-state index in [1.807, 2.05) is 0 Å². The van der Waals surface area contributed by atoms with E-state index in [0.717, 1.165) is 5.56 Å². The molecule has 4 atom stereocenters. The number of hydrogen-bond donors (Lipinski definition) is 5. The molecule has 3 heterocycles. The second-order valence-electron chi connectivity index (χ2n) is 6.48. The monoisotopic (exact) mass is 406 g/mol. The summed E-state index contributed by atoms with van der Waals surface area (Å²) in [5.74, 6) is 0.467. The number of nitrogen functional groups attached to an aromatic ring is 1. The van der Waals surface area contributed by atoms with Crippen LogP contribution in [0.5, 0.6) is 0 Å². The molecule has 1 aromatic carbocycles. The van der Waals surface area contributed by atoms with E-state index in [0.29, 0.717) is 34.2 Å². The number of halogens is 1. The number of aliphatic hydroxyl groups is 3. The third kappa shape index (κ3) is 3.25. The third-order valence-corrected chi connectivity index (χ3v) is 5.03. The smallest absolute Gasteiger partial charge is 0.167 e. The van der Waals surface area contributed by atoms with Gasteiger partial charge in [0.1, 0.15) is 24.6 Å². The summed E-state index contributed by atoms with van der Waals surface area (Å²) in [5, 5.41) is 33.2. The van der Waals surface area contributed by atoms with Gasteiger partial charge in [0.2, 0.25) is 0 Å². The van der Waals surface area contributed by atoms with Crippen LogP contribution in [-0.2, 0) is 11.3 Å². The first-order valence-electron chi connectivity index (χ1n) is 8.57. The van der Waals surface area contributed by atoms with Crippen molar-refractivity contribution in [3.63, 3.8) is 0 Å². The van der Waals surface area contributed by atoms with Crippen molar-refractivity contribution < 1.29 is 20.1 Å². The minimum absolute atomic E-state index is 0.372. The molecule has 3 aromatic rings. The highest BCUT2D eigenvalue weighted by molar-refractivity contribution is 6.31. The van der Waals surface area contributed by atoms with Crippen LogP contribution in [0.3, 0.4) is 0 Å². The van der Waals surface area contributed by atoms with Crippen molar-refractivity contribution in [2.75, 3.05) is 17.7 Å². The van der Waals surface area contributed by atoms with Crippen LogP contribution in [0.15, 0.2) is 30.9 Å². The molecule has 1 aliphatic heterocycles. The molecule has 148 valence electrons. The molecule has 0 amide bonds. The lowest BCUT2D eigenvalue weighted by atomic mass is 10.1. The summed E-state index contributed by atoms with van der Waals surface area (Å²) in [6, 6.07) is 5.21. The Hall–Kier alpha value is -2.50. The van der Waals surface area contributed by atoms with E-state index in [-0.39, 0.29) is 0 Å². The van der Waals surface area contributed by atoms with Gasteiger partial charge in [0.05, 0.1) is 12.9 Å². The molecule has 0 unspecified atom stereocenters. The van der Waals surface area contributed by atoms with E-state index in [2.05, 4.69) is 20.3 Å². The van der Waals surface area contributed by atoms with E-state index in [1.54, 1.807) is 18.2 Å². The maximum Gasteiger partial charge on any atom is 0.167 e. The average Bonchev–Trinajstić information content (AvgIpc) is 3.24. The summed E-state index contributed by atoms with van der Waals surface area (Å²) in [6.07, 6.45) is -1.46. The van der Waals surface area contributed by atoms with Crippen molar-refractivity contribution >= 4 is 34.3 Å². The zero-order valence-corrected chi connectivity index (χ0v) is 15.4. The van der Waals surface area contributed by atoms with Crippen LogP contribution in [-0.4, -0.2) is 59.8 Å². The first-order chi connectivity index (χ1) is 13.5. The van der Waals surface area contributed by atoms with Crippen LogP contribution in [0.4, 0.5) is 11.5 Å². The highest BCUT2D eigenvalue weighted by atomic mass is 35.5. The first kappa shape index (κ1) is 18.8. The molecule has 0 radical (unpaired) electrons. The van der Waals surface area contributed by atoms with E-state index in [1.165, 1.54) is 17.2 Å². The number of rotatable bonds is 5. The van der Waals surface area contributed by atoms with Gasteiger partial charge in [-0.15, -0.1) is 0 Å². The molecule has 1 saturated heterocycles.